The second-order valence-corrected chi connectivity index (χ2v) is 18.5. The van der Waals surface area contributed by atoms with Gasteiger partial charge >= 0.3 is 0 Å². The van der Waals surface area contributed by atoms with Gasteiger partial charge < -0.3 is 53.2 Å². The minimum absolute atomic E-state index is 0.0382. The molecule has 3 fully saturated rings. The van der Waals surface area contributed by atoms with Gasteiger partial charge in [-0.1, -0.05) is 56.7 Å². The Morgan fingerprint density at radius 2 is 1.85 bits per heavy atom. The highest BCUT2D eigenvalue weighted by molar-refractivity contribution is 5.38. The molecule has 0 radical (unpaired) electrons. The van der Waals surface area contributed by atoms with Crippen molar-refractivity contribution in [3.63, 3.8) is 0 Å². The van der Waals surface area contributed by atoms with Gasteiger partial charge in [0.05, 0.1) is 55.4 Å². The summed E-state index contributed by atoms with van der Waals surface area (Å²) in [5, 5.41) is 32.3. The van der Waals surface area contributed by atoms with Crippen molar-refractivity contribution in [2.45, 2.75) is 192 Å². The Kier molecular flexibility index (Phi) is 17.1. The molecule has 16 atom stereocenters. The number of carbonyl (C=O) groups is 1. The quantitative estimate of drug-likeness (QED) is 0.0984. The van der Waals surface area contributed by atoms with Crippen LogP contribution in [0, 0.1) is 17.8 Å². The lowest BCUT2D eigenvalue weighted by Crippen LogP contribution is -2.53. The van der Waals surface area contributed by atoms with Crippen molar-refractivity contribution >= 4 is 6.47 Å². The van der Waals surface area contributed by atoms with Crippen molar-refractivity contribution in [2.75, 3.05) is 20.8 Å². The first-order valence-corrected chi connectivity index (χ1v) is 21.9. The molecule has 334 valence electrons. The van der Waals surface area contributed by atoms with Gasteiger partial charge in [0.15, 0.2) is 6.29 Å². The van der Waals surface area contributed by atoms with Gasteiger partial charge in [-0.3, -0.25) is 4.79 Å². The standard InChI is InChI=1S/C47H74O12/c1-28-16-19-47(51)35(26-54-41(47)20-28)13-11-12-30(3)44(31(4)14-15-36-22-38(55-27-48)25-46(8,59-36)18-17-29(2)33(6)49)58-42-24-40(53-10)45(34(7)56-42)57-37-21-32(5)43(50)39(23-37)52-9/h11-14,16,22,27,29-30,32-34,37-45,49-51H,15,17-21,23-26H2,1-10H3/b12-11+,31-14+,35-13+/t29-,30-,32+,33+,34-,37+,38-,39-,40-,41+,42-,43-,44-,45-,46-,47-/m0/s1. The van der Waals surface area contributed by atoms with E-state index in [1.807, 2.05) is 52.8 Å². The van der Waals surface area contributed by atoms with Crippen LogP contribution in [-0.2, 0) is 42.7 Å². The Labute approximate surface area is 353 Å². The zero-order valence-corrected chi connectivity index (χ0v) is 37.2. The first-order valence-electron chi connectivity index (χ1n) is 21.9. The molecule has 2 aliphatic carbocycles. The number of fused-ring (bicyclic) bond motifs is 1. The highest BCUT2D eigenvalue weighted by Gasteiger charge is 2.47. The summed E-state index contributed by atoms with van der Waals surface area (Å²) in [5.41, 5.74) is 1.51. The number of aliphatic hydroxyl groups excluding tert-OH is 2. The summed E-state index contributed by atoms with van der Waals surface area (Å²) in [5.74, 6) is 0.742. The summed E-state index contributed by atoms with van der Waals surface area (Å²) in [4.78, 5) is 11.4. The third kappa shape index (κ3) is 12.2. The molecular weight excluding hydrogens is 757 g/mol. The first-order chi connectivity index (χ1) is 28.0. The summed E-state index contributed by atoms with van der Waals surface area (Å²) < 4.78 is 49.9. The number of ether oxygens (including phenoxy) is 8. The van der Waals surface area contributed by atoms with Crippen LogP contribution in [0.2, 0.25) is 0 Å². The smallest absolute Gasteiger partial charge is 0.293 e. The van der Waals surface area contributed by atoms with Crippen LogP contribution < -0.4 is 0 Å². The second-order valence-electron chi connectivity index (χ2n) is 18.5. The van der Waals surface area contributed by atoms with E-state index in [4.69, 9.17) is 37.9 Å². The Morgan fingerprint density at radius 3 is 2.54 bits per heavy atom. The Balaban J connectivity index is 1.34. The van der Waals surface area contributed by atoms with Gasteiger partial charge in [0.1, 0.15) is 29.2 Å². The topological polar surface area (TPSA) is 152 Å². The van der Waals surface area contributed by atoms with Crippen LogP contribution in [0.3, 0.4) is 0 Å². The molecule has 2 saturated heterocycles. The molecule has 0 aromatic carbocycles. The summed E-state index contributed by atoms with van der Waals surface area (Å²) in [6.07, 6.45) is 13.7. The predicted molar refractivity (Wildman–Crippen MR) is 224 cm³/mol. The minimum atomic E-state index is -0.999. The molecule has 5 aliphatic rings. The number of aliphatic hydroxyl groups is 3. The van der Waals surface area contributed by atoms with Crippen molar-refractivity contribution in [1.82, 2.24) is 0 Å². The number of hydrogen-bond acceptors (Lipinski definition) is 12. The zero-order chi connectivity index (χ0) is 43.1. The number of methoxy groups -OCH3 is 2. The van der Waals surface area contributed by atoms with Crippen molar-refractivity contribution in [3.8, 4) is 0 Å². The first kappa shape index (κ1) is 47.7. The third-order valence-corrected chi connectivity index (χ3v) is 13.6. The lowest BCUT2D eigenvalue weighted by atomic mass is 9.80. The van der Waals surface area contributed by atoms with E-state index in [9.17, 15) is 20.1 Å². The number of allylic oxidation sites excluding steroid dienone is 3. The summed E-state index contributed by atoms with van der Waals surface area (Å²) >= 11 is 0. The highest BCUT2D eigenvalue weighted by Crippen LogP contribution is 2.41. The molecule has 3 N–H and O–H groups in total. The second kappa shape index (κ2) is 21.1. The van der Waals surface area contributed by atoms with E-state index < -0.39 is 41.9 Å². The average Bonchev–Trinajstić information content (AvgIpc) is 3.51. The van der Waals surface area contributed by atoms with Crippen molar-refractivity contribution in [1.29, 1.82) is 0 Å². The molecule has 0 aromatic rings. The molecule has 0 spiro atoms. The van der Waals surface area contributed by atoms with Gasteiger partial charge in [0.25, 0.3) is 6.47 Å². The lowest BCUT2D eigenvalue weighted by molar-refractivity contribution is -0.280. The molecule has 3 aliphatic heterocycles. The van der Waals surface area contributed by atoms with Crippen LogP contribution in [0.5, 0.6) is 0 Å². The molecule has 0 amide bonds. The van der Waals surface area contributed by atoms with Gasteiger partial charge in [-0.25, -0.2) is 0 Å². The molecule has 1 saturated carbocycles. The Hall–Kier alpha value is -2.39. The molecule has 0 bridgehead atoms. The summed E-state index contributed by atoms with van der Waals surface area (Å²) in [6, 6.07) is 0. The van der Waals surface area contributed by atoms with Crippen molar-refractivity contribution < 1.29 is 58.0 Å². The summed E-state index contributed by atoms with van der Waals surface area (Å²) in [7, 11) is 3.32. The Bertz CT molecular complexity index is 1540. The monoisotopic (exact) mass is 831 g/mol. The van der Waals surface area contributed by atoms with Crippen LogP contribution >= 0.6 is 0 Å². The van der Waals surface area contributed by atoms with E-state index in [-0.39, 0.29) is 54.4 Å². The van der Waals surface area contributed by atoms with Crippen LogP contribution in [0.15, 0.2) is 58.9 Å². The molecule has 0 aromatic heterocycles. The van der Waals surface area contributed by atoms with E-state index in [0.717, 1.165) is 30.4 Å². The summed E-state index contributed by atoms with van der Waals surface area (Å²) in [6.45, 7) is 17.0. The maximum atomic E-state index is 11.6. The Morgan fingerprint density at radius 1 is 1.10 bits per heavy atom. The molecule has 3 heterocycles. The van der Waals surface area contributed by atoms with E-state index in [1.54, 1.807) is 21.1 Å². The van der Waals surface area contributed by atoms with E-state index >= 15 is 0 Å². The number of hydrogen-bond donors (Lipinski definition) is 3. The van der Waals surface area contributed by atoms with Gasteiger partial charge in [-0.05, 0) is 89.4 Å². The van der Waals surface area contributed by atoms with E-state index in [2.05, 4.69) is 32.1 Å². The number of carbonyl (C=O) groups excluding carboxylic acids is 1. The molecule has 0 unspecified atom stereocenters. The maximum absolute atomic E-state index is 11.6. The lowest BCUT2D eigenvalue weighted by Gasteiger charge is -2.44. The maximum Gasteiger partial charge on any atom is 0.293 e. The molecule has 12 heteroatoms. The average molecular weight is 831 g/mol. The van der Waals surface area contributed by atoms with Gasteiger partial charge in [-0.2, -0.15) is 0 Å². The van der Waals surface area contributed by atoms with E-state index in [0.29, 0.717) is 57.4 Å². The zero-order valence-electron chi connectivity index (χ0n) is 37.2. The van der Waals surface area contributed by atoms with E-state index in [1.165, 1.54) is 5.57 Å². The molecule has 5 rings (SSSR count). The highest BCUT2D eigenvalue weighted by atomic mass is 16.7. The van der Waals surface area contributed by atoms with Crippen molar-refractivity contribution in [2.24, 2.45) is 17.8 Å². The van der Waals surface area contributed by atoms with Gasteiger partial charge in [0, 0.05) is 52.2 Å². The predicted octanol–water partition coefficient (Wildman–Crippen LogP) is 6.81. The third-order valence-electron chi connectivity index (χ3n) is 13.6. The minimum Gasteiger partial charge on any atom is -0.492 e. The fourth-order valence-electron chi connectivity index (χ4n) is 9.46. The van der Waals surface area contributed by atoms with Crippen LogP contribution in [0.1, 0.15) is 113 Å². The largest absolute Gasteiger partial charge is 0.492 e. The fraction of sp³-hybridized carbons (Fsp3) is 0.766. The molecule has 12 nitrogen and oxygen atoms in total. The van der Waals surface area contributed by atoms with Gasteiger partial charge in [-0.15, -0.1) is 0 Å². The normalized spacial score (nSPS) is 39.5. The SMILES string of the molecule is CO[C@H]1C[C@H](O[C@H]2[C@H](C)O[C@@H](O[C@H](/C(C)=C/CC3=C[C@H](OC=O)C[C@](C)(CC[C@H](C)[C@@H](C)O)O3)[C@@H](C)/C=C/C=C3\CO[C@@H]4CC(C)=CC[C@]34O)C[C@@H]2OC)C[C@@H](C)[C@@H]1O. The fourth-order valence-corrected chi connectivity index (χ4v) is 9.46. The van der Waals surface area contributed by atoms with Gasteiger partial charge in [0.2, 0.25) is 0 Å². The molecular formula is C47H74O12. The van der Waals surface area contributed by atoms with Crippen LogP contribution in [0.25, 0.3) is 0 Å². The van der Waals surface area contributed by atoms with Crippen molar-refractivity contribution in [3.05, 3.63) is 58.9 Å². The van der Waals surface area contributed by atoms with Crippen LogP contribution in [0.4, 0.5) is 0 Å². The molecule has 59 heavy (non-hydrogen) atoms. The number of rotatable bonds is 18. The van der Waals surface area contributed by atoms with Crippen LogP contribution in [-0.4, -0.2) is 121 Å².